The molecular weight excluding hydrogens is 657 g/mol. The quantitative estimate of drug-likeness (QED) is 0.0531. The van der Waals surface area contributed by atoms with Crippen molar-refractivity contribution in [1.82, 2.24) is 9.55 Å². The molecule has 0 spiro atoms. The van der Waals surface area contributed by atoms with E-state index >= 15 is 0 Å². The number of aryl methyl sites for hydroxylation is 2. The van der Waals surface area contributed by atoms with Gasteiger partial charge in [-0.05, 0) is 106 Å². The molecule has 2 rings (SSSR count). The average Bonchev–Trinajstić information content (AvgIpc) is 3.29. The minimum absolute atomic E-state index is 0.0136. The van der Waals surface area contributed by atoms with Gasteiger partial charge in [0.2, 0.25) is 0 Å². The van der Waals surface area contributed by atoms with E-state index in [-0.39, 0.29) is 39.9 Å². The topological polar surface area (TPSA) is 79.7 Å². The van der Waals surface area contributed by atoms with Crippen LogP contribution in [0.4, 0.5) is 0 Å². The van der Waals surface area contributed by atoms with E-state index in [0.717, 1.165) is 42.5 Å². The Morgan fingerprint density at radius 1 is 0.920 bits per heavy atom. The second-order valence-electron chi connectivity index (χ2n) is 18.0. The molecule has 7 nitrogen and oxygen atoms in total. The molecule has 0 aliphatic carbocycles. The number of imidazole rings is 1. The van der Waals surface area contributed by atoms with Gasteiger partial charge in [0.25, 0.3) is 0 Å². The molecule has 0 saturated heterocycles. The van der Waals surface area contributed by atoms with E-state index in [2.05, 4.69) is 117 Å². The van der Waals surface area contributed by atoms with Crippen LogP contribution in [0, 0.1) is 24.2 Å². The zero-order valence-corrected chi connectivity index (χ0v) is 36.6. The van der Waals surface area contributed by atoms with Crippen LogP contribution in [-0.4, -0.2) is 51.2 Å². The molecule has 50 heavy (non-hydrogen) atoms. The maximum atomic E-state index is 13.9. The first-order valence-electron chi connectivity index (χ1n) is 18.5. The summed E-state index contributed by atoms with van der Waals surface area (Å²) in [6.45, 7) is 32.7. The van der Waals surface area contributed by atoms with Gasteiger partial charge in [-0.25, -0.2) is 9.78 Å². The van der Waals surface area contributed by atoms with Gasteiger partial charge < -0.3 is 18.2 Å². The lowest BCUT2D eigenvalue weighted by molar-refractivity contribution is -0.134. The first-order valence-corrected chi connectivity index (χ1v) is 24.3. The standard InChI is InChI=1S/C41H70N2O5Si2/c1-29(37(48-50(16,17)40(7,8)9)30(2)38(45)41(10,11)27-26-36(44)46-13)22-20-18-19-21-23-35(47-49(14,15)39(4,5)6)32-24-25-34-33(28-32)42-31(3)43(34)12/h19,21,24-30,35,37H,18,20,22-23H2,1-17H3/b21-19+,27-26+/t29-,30+,35-,37-/m0/s1. The highest BCUT2D eigenvalue weighted by Crippen LogP contribution is 2.42. The molecule has 0 N–H and O–H groups in total. The fourth-order valence-electron chi connectivity index (χ4n) is 5.77. The first kappa shape index (κ1) is 43.8. The highest BCUT2D eigenvalue weighted by Gasteiger charge is 2.44. The van der Waals surface area contributed by atoms with Crippen molar-refractivity contribution in [1.29, 1.82) is 0 Å². The number of carbonyl (C=O) groups is 2. The third kappa shape index (κ3) is 11.3. The smallest absolute Gasteiger partial charge is 0.330 e. The van der Waals surface area contributed by atoms with Crippen LogP contribution in [-0.2, 0) is 30.2 Å². The third-order valence-electron chi connectivity index (χ3n) is 11.5. The molecule has 282 valence electrons. The largest absolute Gasteiger partial charge is 0.466 e. The molecule has 2 aromatic rings. The number of nitrogens with zero attached hydrogens (tertiary/aromatic N) is 2. The van der Waals surface area contributed by atoms with Gasteiger partial charge in [0.1, 0.15) is 11.6 Å². The van der Waals surface area contributed by atoms with Crippen molar-refractivity contribution in [3.63, 3.8) is 0 Å². The number of ketones is 1. The summed E-state index contributed by atoms with van der Waals surface area (Å²) < 4.78 is 20.9. The molecule has 0 aliphatic heterocycles. The Balaban J connectivity index is 2.22. The number of allylic oxidation sites excluding steroid dienone is 2. The molecule has 0 radical (unpaired) electrons. The van der Waals surface area contributed by atoms with Crippen LogP contribution in [0.5, 0.6) is 0 Å². The Labute approximate surface area is 306 Å². The number of Topliss-reactive ketones (excluding diaryl/α,β-unsaturated/α-hetero) is 1. The molecule has 0 amide bonds. The van der Waals surface area contributed by atoms with Gasteiger partial charge in [0.15, 0.2) is 16.6 Å². The Kier molecular flexibility index (Phi) is 14.9. The van der Waals surface area contributed by atoms with Gasteiger partial charge in [-0.15, -0.1) is 0 Å². The summed E-state index contributed by atoms with van der Waals surface area (Å²) in [6, 6.07) is 6.57. The fraction of sp³-hybridized carbons (Fsp3) is 0.683. The number of methoxy groups -OCH3 is 1. The normalized spacial score (nSPS) is 16.3. The summed E-state index contributed by atoms with van der Waals surface area (Å²) in [4.78, 5) is 30.5. The predicted octanol–water partition coefficient (Wildman–Crippen LogP) is 11.0. The predicted molar refractivity (Wildman–Crippen MR) is 214 cm³/mol. The number of unbranched alkanes of at least 4 members (excludes halogenated alkanes) is 1. The Morgan fingerprint density at radius 3 is 2.06 bits per heavy atom. The van der Waals surface area contributed by atoms with Crippen LogP contribution in [0.1, 0.15) is 112 Å². The highest BCUT2D eigenvalue weighted by atomic mass is 28.4. The zero-order chi connectivity index (χ0) is 38.5. The second kappa shape index (κ2) is 17.0. The van der Waals surface area contributed by atoms with E-state index in [0.29, 0.717) is 0 Å². The molecule has 0 saturated carbocycles. The molecule has 9 heteroatoms. The van der Waals surface area contributed by atoms with E-state index < -0.39 is 28.0 Å². The van der Waals surface area contributed by atoms with Crippen LogP contribution in [0.15, 0.2) is 42.5 Å². The fourth-order valence-corrected chi connectivity index (χ4v) is 8.54. The number of aromatic nitrogens is 2. The third-order valence-corrected chi connectivity index (χ3v) is 20.4. The van der Waals surface area contributed by atoms with E-state index in [1.165, 1.54) is 18.7 Å². The number of carbonyl (C=O) groups excluding carboxylic acids is 2. The lowest BCUT2D eigenvalue weighted by Gasteiger charge is -2.43. The number of rotatable bonds is 17. The van der Waals surface area contributed by atoms with E-state index in [1.54, 1.807) is 6.08 Å². The maximum absolute atomic E-state index is 13.9. The van der Waals surface area contributed by atoms with E-state index in [1.807, 2.05) is 27.7 Å². The lowest BCUT2D eigenvalue weighted by Crippen LogP contribution is -2.49. The number of ether oxygens (including phenoxy) is 1. The second-order valence-corrected chi connectivity index (χ2v) is 27.5. The number of hydrogen-bond donors (Lipinski definition) is 0. The van der Waals surface area contributed by atoms with Crippen LogP contribution >= 0.6 is 0 Å². The van der Waals surface area contributed by atoms with Crippen molar-refractivity contribution in [2.45, 2.75) is 150 Å². The molecular formula is C41H70N2O5Si2. The van der Waals surface area contributed by atoms with E-state index in [4.69, 9.17) is 18.6 Å². The number of fused-ring (bicyclic) bond motifs is 1. The number of benzene rings is 1. The molecule has 1 heterocycles. The summed E-state index contributed by atoms with van der Waals surface area (Å²) in [5.41, 5.74) is 2.49. The van der Waals surface area contributed by atoms with Crippen molar-refractivity contribution < 1.29 is 23.2 Å². The molecule has 0 bridgehead atoms. The van der Waals surface area contributed by atoms with Crippen LogP contribution in [0.25, 0.3) is 11.0 Å². The molecule has 0 unspecified atom stereocenters. The average molecular weight is 727 g/mol. The molecule has 1 aromatic heterocycles. The molecule has 4 atom stereocenters. The summed E-state index contributed by atoms with van der Waals surface area (Å²) in [7, 11) is -0.804. The van der Waals surface area contributed by atoms with Gasteiger partial charge in [-0.3, -0.25) is 4.79 Å². The van der Waals surface area contributed by atoms with Crippen LogP contribution in [0.3, 0.4) is 0 Å². The van der Waals surface area contributed by atoms with E-state index in [9.17, 15) is 9.59 Å². The Morgan fingerprint density at radius 2 is 1.50 bits per heavy atom. The molecule has 0 aliphatic rings. The molecule has 0 fully saturated rings. The highest BCUT2D eigenvalue weighted by molar-refractivity contribution is 6.74. The van der Waals surface area contributed by atoms with Crippen molar-refractivity contribution in [2.24, 2.45) is 24.3 Å². The van der Waals surface area contributed by atoms with Gasteiger partial charge in [0, 0.05) is 24.5 Å². The Hall–Kier alpha value is -2.34. The van der Waals surface area contributed by atoms with Crippen molar-refractivity contribution >= 4 is 39.4 Å². The monoisotopic (exact) mass is 726 g/mol. The van der Waals surface area contributed by atoms with Gasteiger partial charge in [-0.2, -0.15) is 0 Å². The van der Waals surface area contributed by atoms with Gasteiger partial charge in [0.05, 0.1) is 30.4 Å². The maximum Gasteiger partial charge on any atom is 0.330 e. The van der Waals surface area contributed by atoms with Gasteiger partial charge in [-0.1, -0.05) is 79.7 Å². The summed E-state index contributed by atoms with van der Waals surface area (Å²) >= 11 is 0. The summed E-state index contributed by atoms with van der Waals surface area (Å²) in [6.07, 6.45) is 11.0. The number of hydrogen-bond acceptors (Lipinski definition) is 6. The summed E-state index contributed by atoms with van der Waals surface area (Å²) in [5.74, 6) is 0.458. The lowest BCUT2D eigenvalue weighted by atomic mass is 9.76. The Bertz CT molecular complexity index is 1510. The van der Waals surface area contributed by atoms with Crippen molar-refractivity contribution in [3.05, 3.63) is 53.9 Å². The minimum Gasteiger partial charge on any atom is -0.466 e. The SMILES string of the molecule is COC(=O)/C=C/C(C)(C)C(=O)[C@H](C)[C@@H](O[Si](C)(C)C(C)(C)C)[C@@H](C)CCC/C=C/C[C@H](O[Si](C)(C)C(C)(C)C)c1ccc2c(c1)nc(C)n2C. The zero-order valence-electron chi connectivity index (χ0n) is 34.6. The van der Waals surface area contributed by atoms with Crippen LogP contribution < -0.4 is 0 Å². The van der Waals surface area contributed by atoms with Crippen molar-refractivity contribution in [3.8, 4) is 0 Å². The molecule has 1 aromatic carbocycles. The van der Waals surface area contributed by atoms with Crippen molar-refractivity contribution in [2.75, 3.05) is 7.11 Å². The first-order chi connectivity index (χ1) is 22.8. The minimum atomic E-state index is -2.17. The summed E-state index contributed by atoms with van der Waals surface area (Å²) in [5, 5.41) is 0.116. The van der Waals surface area contributed by atoms with Gasteiger partial charge >= 0.3 is 5.97 Å². The van der Waals surface area contributed by atoms with Crippen LogP contribution in [0.2, 0.25) is 36.3 Å². The number of esters is 1.